The van der Waals surface area contributed by atoms with Gasteiger partial charge in [0.25, 0.3) is 5.91 Å². The minimum atomic E-state index is -3.67. The van der Waals surface area contributed by atoms with Crippen LogP contribution in [0.25, 0.3) is 0 Å². The number of carbonyl (C=O) groups excluding carboxylic acids is 2. The van der Waals surface area contributed by atoms with E-state index in [2.05, 4.69) is 0 Å². The molecule has 10 heteroatoms. The van der Waals surface area contributed by atoms with Crippen LogP contribution in [0, 0.1) is 12.7 Å². The minimum Gasteiger partial charge on any atom is -0.338 e. The third-order valence-electron chi connectivity index (χ3n) is 5.14. The Balaban J connectivity index is 1.66. The monoisotopic (exact) mass is 467 g/mol. The number of carbonyl (C=O) groups is 2. The van der Waals surface area contributed by atoms with Crippen LogP contribution in [0.2, 0.25) is 5.02 Å². The second-order valence-electron chi connectivity index (χ2n) is 7.35. The first-order valence-electron chi connectivity index (χ1n) is 9.63. The summed E-state index contributed by atoms with van der Waals surface area (Å²) in [6, 6.07) is 10.5. The highest BCUT2D eigenvalue weighted by Gasteiger charge is 2.29. The van der Waals surface area contributed by atoms with Crippen molar-refractivity contribution in [3.63, 3.8) is 0 Å². The summed E-state index contributed by atoms with van der Waals surface area (Å²) in [5, 5.41) is 0.0329. The Bertz CT molecular complexity index is 1100. The number of anilines is 1. The third kappa shape index (κ3) is 5.34. The second kappa shape index (κ2) is 9.23. The lowest BCUT2D eigenvalue weighted by atomic mass is 10.1. The molecule has 1 aliphatic rings. The molecule has 0 unspecified atom stereocenters. The Hall–Kier alpha value is -2.65. The zero-order valence-corrected chi connectivity index (χ0v) is 18.8. The number of sulfonamides is 1. The normalized spacial score (nSPS) is 14.5. The zero-order valence-electron chi connectivity index (χ0n) is 17.2. The molecule has 0 aromatic heterocycles. The van der Waals surface area contributed by atoms with E-state index in [0.717, 1.165) is 22.2 Å². The number of aryl methyl sites for hydroxylation is 1. The van der Waals surface area contributed by atoms with E-state index in [-0.39, 0.29) is 55.1 Å². The van der Waals surface area contributed by atoms with Crippen molar-refractivity contribution in [2.24, 2.45) is 0 Å². The number of benzene rings is 2. The number of hydrogen-bond donors (Lipinski definition) is 0. The largest absolute Gasteiger partial charge is 0.338 e. The van der Waals surface area contributed by atoms with E-state index in [1.807, 2.05) is 0 Å². The lowest BCUT2D eigenvalue weighted by Gasteiger charge is -2.36. The summed E-state index contributed by atoms with van der Waals surface area (Å²) in [5.74, 6) is -1.21. The smallest absolute Gasteiger partial charge is 0.255 e. The van der Waals surface area contributed by atoms with Crippen molar-refractivity contribution in [1.29, 1.82) is 0 Å². The average molecular weight is 468 g/mol. The van der Waals surface area contributed by atoms with Crippen molar-refractivity contribution >= 4 is 39.1 Å². The van der Waals surface area contributed by atoms with Crippen LogP contribution in [0.15, 0.2) is 42.5 Å². The quantitative estimate of drug-likeness (QED) is 0.677. The zero-order chi connectivity index (χ0) is 22.8. The number of amides is 2. The van der Waals surface area contributed by atoms with Crippen LogP contribution in [0.3, 0.4) is 0 Å². The van der Waals surface area contributed by atoms with Crippen molar-refractivity contribution in [2.45, 2.75) is 6.92 Å². The van der Waals surface area contributed by atoms with E-state index >= 15 is 0 Å². The minimum absolute atomic E-state index is 0.0329. The van der Waals surface area contributed by atoms with Gasteiger partial charge in [-0.3, -0.25) is 13.9 Å². The van der Waals surface area contributed by atoms with Crippen LogP contribution in [-0.2, 0) is 14.8 Å². The molecule has 166 valence electrons. The molecule has 0 bridgehead atoms. The first kappa shape index (κ1) is 23.0. The van der Waals surface area contributed by atoms with Gasteiger partial charge < -0.3 is 9.80 Å². The van der Waals surface area contributed by atoms with Gasteiger partial charge in [-0.1, -0.05) is 29.8 Å². The maximum absolute atomic E-state index is 13.2. The van der Waals surface area contributed by atoms with Gasteiger partial charge in [0.2, 0.25) is 15.9 Å². The Morgan fingerprint density at radius 3 is 2.26 bits per heavy atom. The molecule has 31 heavy (non-hydrogen) atoms. The first-order valence-corrected chi connectivity index (χ1v) is 11.9. The van der Waals surface area contributed by atoms with Crippen LogP contribution in [0.5, 0.6) is 0 Å². The molecule has 2 amide bonds. The Morgan fingerprint density at radius 1 is 1.06 bits per heavy atom. The molecule has 1 saturated heterocycles. The fourth-order valence-corrected chi connectivity index (χ4v) is 4.59. The molecule has 1 heterocycles. The van der Waals surface area contributed by atoms with Crippen molar-refractivity contribution in [3.8, 4) is 0 Å². The van der Waals surface area contributed by atoms with E-state index in [1.165, 1.54) is 17.0 Å². The molecule has 1 aliphatic heterocycles. The molecule has 0 aliphatic carbocycles. The molecule has 2 aromatic carbocycles. The lowest BCUT2D eigenvalue weighted by molar-refractivity contribution is -0.131. The topological polar surface area (TPSA) is 78.0 Å². The number of piperazine rings is 1. The molecule has 0 N–H and O–H groups in total. The number of rotatable bonds is 5. The van der Waals surface area contributed by atoms with Crippen LogP contribution in [0.1, 0.15) is 15.9 Å². The van der Waals surface area contributed by atoms with Gasteiger partial charge in [-0.15, -0.1) is 0 Å². The SMILES string of the molecule is Cc1ccccc1N(CC(=O)N1CCN(C(=O)c2ccc(F)cc2Cl)CC1)S(C)(=O)=O. The molecule has 2 aromatic rings. The molecular weight excluding hydrogens is 445 g/mol. The van der Waals surface area contributed by atoms with Crippen molar-refractivity contribution < 1.29 is 22.4 Å². The maximum atomic E-state index is 13.2. The van der Waals surface area contributed by atoms with Gasteiger partial charge >= 0.3 is 0 Å². The standard InChI is InChI=1S/C21H23ClFN3O4S/c1-15-5-3-4-6-19(15)26(31(2,29)30)14-20(27)24-9-11-25(12-10-24)21(28)17-8-7-16(23)13-18(17)22/h3-8,13H,9-12,14H2,1-2H3. The molecule has 0 radical (unpaired) electrons. The number of hydrogen-bond acceptors (Lipinski definition) is 4. The fraction of sp³-hybridized carbons (Fsp3) is 0.333. The molecule has 0 spiro atoms. The van der Waals surface area contributed by atoms with Crippen LogP contribution < -0.4 is 4.31 Å². The first-order chi connectivity index (χ1) is 14.6. The number of nitrogens with zero attached hydrogens (tertiary/aromatic N) is 3. The van der Waals surface area contributed by atoms with Gasteiger partial charge in [0, 0.05) is 26.2 Å². The summed E-state index contributed by atoms with van der Waals surface area (Å²) >= 11 is 5.98. The summed E-state index contributed by atoms with van der Waals surface area (Å²) in [7, 11) is -3.67. The fourth-order valence-electron chi connectivity index (χ4n) is 3.44. The highest BCUT2D eigenvalue weighted by atomic mass is 35.5. The van der Waals surface area contributed by atoms with E-state index in [4.69, 9.17) is 11.6 Å². The van der Waals surface area contributed by atoms with Crippen LogP contribution >= 0.6 is 11.6 Å². The van der Waals surface area contributed by atoms with E-state index in [0.29, 0.717) is 5.69 Å². The van der Waals surface area contributed by atoms with Crippen molar-refractivity contribution in [2.75, 3.05) is 43.3 Å². The van der Waals surface area contributed by atoms with Gasteiger partial charge in [-0.2, -0.15) is 0 Å². The maximum Gasteiger partial charge on any atom is 0.255 e. The lowest BCUT2D eigenvalue weighted by Crippen LogP contribution is -2.53. The van der Waals surface area contributed by atoms with E-state index in [9.17, 15) is 22.4 Å². The summed E-state index contributed by atoms with van der Waals surface area (Å²) in [6.07, 6.45) is 1.07. The Kier molecular flexibility index (Phi) is 6.86. The summed E-state index contributed by atoms with van der Waals surface area (Å²) < 4.78 is 39.0. The molecule has 3 rings (SSSR count). The van der Waals surface area contributed by atoms with E-state index in [1.54, 1.807) is 36.1 Å². The van der Waals surface area contributed by atoms with Crippen molar-refractivity contribution in [1.82, 2.24) is 9.80 Å². The molecular formula is C21H23ClFN3O4S. The Morgan fingerprint density at radius 2 is 1.68 bits per heavy atom. The molecule has 0 atom stereocenters. The summed E-state index contributed by atoms with van der Waals surface area (Å²) in [4.78, 5) is 28.6. The van der Waals surface area contributed by atoms with Crippen LogP contribution in [0.4, 0.5) is 10.1 Å². The van der Waals surface area contributed by atoms with Gasteiger partial charge in [0.05, 0.1) is 22.5 Å². The number of para-hydroxylation sites is 1. The highest BCUT2D eigenvalue weighted by Crippen LogP contribution is 2.23. The second-order valence-corrected chi connectivity index (χ2v) is 9.67. The van der Waals surface area contributed by atoms with E-state index < -0.39 is 15.8 Å². The van der Waals surface area contributed by atoms with Gasteiger partial charge in [0.15, 0.2) is 0 Å². The molecule has 1 fully saturated rings. The highest BCUT2D eigenvalue weighted by molar-refractivity contribution is 7.92. The summed E-state index contributed by atoms with van der Waals surface area (Å²) in [5.41, 5.74) is 1.40. The Labute approximate surface area is 186 Å². The third-order valence-corrected chi connectivity index (χ3v) is 6.58. The van der Waals surface area contributed by atoms with Crippen LogP contribution in [-0.4, -0.2) is 69.0 Å². The summed E-state index contributed by atoms with van der Waals surface area (Å²) in [6.45, 7) is 2.51. The average Bonchev–Trinajstić information content (AvgIpc) is 2.71. The molecule has 7 nitrogen and oxygen atoms in total. The molecule has 0 saturated carbocycles. The predicted octanol–water partition coefficient (Wildman–Crippen LogP) is 2.54. The van der Waals surface area contributed by atoms with Gasteiger partial charge in [-0.05, 0) is 36.8 Å². The predicted molar refractivity (Wildman–Crippen MR) is 117 cm³/mol. The van der Waals surface area contributed by atoms with Gasteiger partial charge in [-0.25, -0.2) is 12.8 Å². The van der Waals surface area contributed by atoms with Crippen molar-refractivity contribution in [3.05, 3.63) is 64.4 Å². The van der Waals surface area contributed by atoms with Gasteiger partial charge in [0.1, 0.15) is 12.4 Å². The number of halogens is 2.